The molecule has 1 fully saturated rings. The van der Waals surface area contributed by atoms with E-state index in [0.717, 1.165) is 44.1 Å². The molecule has 0 bridgehead atoms. The van der Waals surface area contributed by atoms with Gasteiger partial charge in [0.05, 0.1) is 6.10 Å². The Morgan fingerprint density at radius 2 is 2.00 bits per heavy atom. The maximum Gasteiger partial charge on any atom is 0.190 e. The molecule has 0 atom stereocenters. The van der Waals surface area contributed by atoms with Crippen molar-refractivity contribution in [1.29, 1.82) is 0 Å². The summed E-state index contributed by atoms with van der Waals surface area (Å²) in [4.78, 5) is 4.19. The monoisotopic (exact) mass is 449 g/mol. The van der Waals surface area contributed by atoms with Gasteiger partial charge in [-0.05, 0) is 43.4 Å². The van der Waals surface area contributed by atoms with Crippen LogP contribution in [0.15, 0.2) is 29.3 Å². The Labute approximate surface area is 161 Å². The first kappa shape index (κ1) is 21.2. The Kier molecular flexibility index (Phi) is 11.0. The van der Waals surface area contributed by atoms with E-state index in [9.17, 15) is 4.39 Å². The Morgan fingerprint density at radius 1 is 1.25 bits per heavy atom. The van der Waals surface area contributed by atoms with Gasteiger partial charge in [-0.15, -0.1) is 24.0 Å². The molecule has 1 aromatic rings. The number of hydrogen-bond acceptors (Lipinski definition) is 2. The average molecular weight is 449 g/mol. The van der Waals surface area contributed by atoms with Gasteiger partial charge in [-0.25, -0.2) is 4.39 Å². The lowest BCUT2D eigenvalue weighted by atomic mass is 10.1. The van der Waals surface area contributed by atoms with Crippen LogP contribution in [0.2, 0.25) is 0 Å². The fourth-order valence-electron chi connectivity index (χ4n) is 2.82. The largest absolute Gasteiger partial charge is 0.378 e. The van der Waals surface area contributed by atoms with Crippen LogP contribution in [0.1, 0.15) is 37.7 Å². The molecule has 0 unspecified atom stereocenters. The second-order valence-electron chi connectivity index (χ2n) is 5.94. The first-order chi connectivity index (χ1) is 11.3. The number of nitrogens with zero attached hydrogens (tertiary/aromatic N) is 1. The summed E-state index contributed by atoms with van der Waals surface area (Å²) >= 11 is 0. The van der Waals surface area contributed by atoms with Gasteiger partial charge in [-0.1, -0.05) is 25.0 Å². The summed E-state index contributed by atoms with van der Waals surface area (Å²) in [5, 5.41) is 6.52. The maximum atomic E-state index is 13.1. The molecule has 0 aromatic heterocycles. The Hall–Kier alpha value is -0.890. The number of nitrogens with one attached hydrogen (secondary N) is 2. The lowest BCUT2D eigenvalue weighted by molar-refractivity contribution is 0.0574. The second-order valence-corrected chi connectivity index (χ2v) is 5.94. The van der Waals surface area contributed by atoms with Gasteiger partial charge in [0.2, 0.25) is 0 Å². The molecule has 4 nitrogen and oxygen atoms in total. The van der Waals surface area contributed by atoms with Crippen molar-refractivity contribution >= 4 is 29.9 Å². The third kappa shape index (κ3) is 8.28. The Morgan fingerprint density at radius 3 is 2.71 bits per heavy atom. The van der Waals surface area contributed by atoms with Crippen molar-refractivity contribution < 1.29 is 9.13 Å². The van der Waals surface area contributed by atoms with Gasteiger partial charge >= 0.3 is 0 Å². The molecule has 1 aliphatic carbocycles. The summed E-state index contributed by atoms with van der Waals surface area (Å²) in [7, 11) is 1.76. The standard InChI is InChI=1S/C18H28FN3O.HI/c1-20-18(21-11-5-13-23-17-8-2-3-9-17)22-12-10-15-6-4-7-16(19)14-15;/h4,6-7,14,17H,2-3,5,8-13H2,1H3,(H2,20,21,22);1H. The van der Waals surface area contributed by atoms with Crippen molar-refractivity contribution in [3.05, 3.63) is 35.6 Å². The molecule has 0 aliphatic heterocycles. The van der Waals surface area contributed by atoms with Gasteiger partial charge in [0, 0.05) is 26.7 Å². The first-order valence-corrected chi connectivity index (χ1v) is 8.58. The van der Waals surface area contributed by atoms with E-state index in [1.807, 2.05) is 6.07 Å². The van der Waals surface area contributed by atoms with Crippen LogP contribution in [0.4, 0.5) is 4.39 Å². The highest BCUT2D eigenvalue weighted by atomic mass is 127. The zero-order chi connectivity index (χ0) is 16.3. The molecule has 0 amide bonds. The number of halogens is 2. The van der Waals surface area contributed by atoms with E-state index in [0.29, 0.717) is 6.10 Å². The van der Waals surface area contributed by atoms with Crippen LogP contribution in [0.3, 0.4) is 0 Å². The minimum absolute atomic E-state index is 0. The number of ether oxygens (including phenoxy) is 1. The van der Waals surface area contributed by atoms with Crippen LogP contribution in [0.25, 0.3) is 0 Å². The summed E-state index contributed by atoms with van der Waals surface area (Å²) < 4.78 is 18.9. The van der Waals surface area contributed by atoms with Gasteiger partial charge in [0.25, 0.3) is 0 Å². The van der Waals surface area contributed by atoms with Crippen LogP contribution in [-0.2, 0) is 11.2 Å². The third-order valence-electron chi connectivity index (χ3n) is 4.09. The molecule has 1 aromatic carbocycles. The minimum atomic E-state index is -0.188. The van der Waals surface area contributed by atoms with Gasteiger partial charge in [-0.2, -0.15) is 0 Å². The molecule has 6 heteroatoms. The van der Waals surface area contributed by atoms with Gasteiger partial charge in [0.1, 0.15) is 5.82 Å². The van der Waals surface area contributed by atoms with E-state index in [2.05, 4.69) is 15.6 Å². The highest BCUT2D eigenvalue weighted by Gasteiger charge is 2.14. The van der Waals surface area contributed by atoms with E-state index in [1.54, 1.807) is 19.2 Å². The lowest BCUT2D eigenvalue weighted by Gasteiger charge is -2.13. The van der Waals surface area contributed by atoms with Crippen LogP contribution in [0, 0.1) is 5.82 Å². The normalized spacial score (nSPS) is 15.2. The minimum Gasteiger partial charge on any atom is -0.378 e. The predicted octanol–water partition coefficient (Wildman–Crippen LogP) is 3.50. The van der Waals surface area contributed by atoms with Crippen molar-refractivity contribution in [2.24, 2.45) is 4.99 Å². The molecule has 136 valence electrons. The SMILES string of the molecule is CN=C(NCCCOC1CCCC1)NCCc1cccc(F)c1.I. The fourth-order valence-corrected chi connectivity index (χ4v) is 2.82. The van der Waals surface area contributed by atoms with E-state index in [4.69, 9.17) is 4.74 Å². The average Bonchev–Trinajstić information content (AvgIpc) is 3.06. The molecule has 1 aliphatic rings. The molecule has 1 saturated carbocycles. The van der Waals surface area contributed by atoms with Gasteiger partial charge < -0.3 is 15.4 Å². The molecule has 0 spiro atoms. The molecule has 0 saturated heterocycles. The van der Waals surface area contributed by atoms with Gasteiger partial charge in [0.15, 0.2) is 5.96 Å². The first-order valence-electron chi connectivity index (χ1n) is 8.58. The number of guanidine groups is 1. The van der Waals surface area contributed by atoms with E-state index in [1.165, 1.54) is 31.7 Å². The van der Waals surface area contributed by atoms with Crippen LogP contribution in [-0.4, -0.2) is 38.8 Å². The summed E-state index contributed by atoms with van der Waals surface area (Å²) in [6.07, 6.45) is 7.28. The van der Waals surface area contributed by atoms with E-state index in [-0.39, 0.29) is 29.8 Å². The van der Waals surface area contributed by atoms with Crippen molar-refractivity contribution in [2.45, 2.75) is 44.6 Å². The molecular formula is C18H29FIN3O. The van der Waals surface area contributed by atoms with Crippen LogP contribution < -0.4 is 10.6 Å². The molecule has 2 N–H and O–H groups in total. The Bertz CT molecular complexity index is 493. The number of aliphatic imine (C=N–C) groups is 1. The number of hydrogen-bond donors (Lipinski definition) is 2. The quantitative estimate of drug-likeness (QED) is 0.277. The predicted molar refractivity (Wildman–Crippen MR) is 108 cm³/mol. The van der Waals surface area contributed by atoms with Gasteiger partial charge in [-0.3, -0.25) is 4.99 Å². The summed E-state index contributed by atoms with van der Waals surface area (Å²) in [5.41, 5.74) is 0.984. The second kappa shape index (κ2) is 12.5. The zero-order valence-corrected chi connectivity index (χ0v) is 16.7. The molecular weight excluding hydrogens is 420 g/mol. The molecule has 0 radical (unpaired) electrons. The lowest BCUT2D eigenvalue weighted by Crippen LogP contribution is -2.39. The highest BCUT2D eigenvalue weighted by Crippen LogP contribution is 2.20. The highest BCUT2D eigenvalue weighted by molar-refractivity contribution is 14.0. The maximum absolute atomic E-state index is 13.1. The topological polar surface area (TPSA) is 45.7 Å². The molecule has 2 rings (SSSR count). The van der Waals surface area contributed by atoms with Crippen molar-refractivity contribution in [2.75, 3.05) is 26.7 Å². The van der Waals surface area contributed by atoms with E-state index >= 15 is 0 Å². The summed E-state index contributed by atoms with van der Waals surface area (Å²) in [6.45, 7) is 2.37. The Balaban J connectivity index is 0.00000288. The van der Waals surface area contributed by atoms with Crippen LogP contribution >= 0.6 is 24.0 Å². The fraction of sp³-hybridized carbons (Fsp3) is 0.611. The summed E-state index contributed by atoms with van der Waals surface area (Å²) in [6, 6.07) is 6.70. The zero-order valence-electron chi connectivity index (χ0n) is 14.4. The number of rotatable bonds is 8. The third-order valence-corrected chi connectivity index (χ3v) is 4.09. The van der Waals surface area contributed by atoms with E-state index < -0.39 is 0 Å². The molecule has 24 heavy (non-hydrogen) atoms. The smallest absolute Gasteiger partial charge is 0.190 e. The van der Waals surface area contributed by atoms with Crippen molar-refractivity contribution in [3.8, 4) is 0 Å². The summed E-state index contributed by atoms with van der Waals surface area (Å²) in [5.74, 6) is 0.592. The van der Waals surface area contributed by atoms with Crippen molar-refractivity contribution in [1.82, 2.24) is 10.6 Å². The number of benzene rings is 1. The van der Waals surface area contributed by atoms with Crippen LogP contribution in [0.5, 0.6) is 0 Å². The molecule has 0 heterocycles. The van der Waals surface area contributed by atoms with Crippen molar-refractivity contribution in [3.63, 3.8) is 0 Å².